The molecule has 0 unspecified atom stereocenters. The second-order valence-electron chi connectivity index (χ2n) is 5.90. The number of halogens is 2. The average Bonchev–Trinajstić information content (AvgIpc) is 2.65. The van der Waals surface area contributed by atoms with Gasteiger partial charge in [0.15, 0.2) is 0 Å². The molecule has 2 heterocycles. The van der Waals surface area contributed by atoms with E-state index in [1.807, 2.05) is 18.2 Å². The van der Waals surface area contributed by atoms with Crippen LogP contribution < -0.4 is 10.2 Å². The molecule has 26 heavy (non-hydrogen) atoms. The smallest absolute Gasteiger partial charge is 0.233 e. The van der Waals surface area contributed by atoms with Crippen LogP contribution in [0.5, 0.6) is 0 Å². The van der Waals surface area contributed by atoms with E-state index in [1.54, 1.807) is 11.1 Å². The SMILES string of the molecule is O=C(CC(=O)N1CCN(c2ccccn2)CC1)Nc1ccc(F)cc1F. The zero-order valence-corrected chi connectivity index (χ0v) is 14.0. The van der Waals surface area contributed by atoms with Gasteiger partial charge in [0.1, 0.15) is 23.9 Å². The van der Waals surface area contributed by atoms with Gasteiger partial charge in [0.25, 0.3) is 0 Å². The second-order valence-corrected chi connectivity index (χ2v) is 5.90. The zero-order valence-electron chi connectivity index (χ0n) is 14.0. The molecular weight excluding hydrogens is 342 g/mol. The van der Waals surface area contributed by atoms with Gasteiger partial charge in [-0.25, -0.2) is 13.8 Å². The Morgan fingerprint density at radius 2 is 1.85 bits per heavy atom. The molecule has 1 fully saturated rings. The number of hydrogen-bond acceptors (Lipinski definition) is 4. The Labute approximate surface area is 149 Å². The number of hydrogen-bond donors (Lipinski definition) is 1. The van der Waals surface area contributed by atoms with E-state index >= 15 is 0 Å². The number of anilines is 2. The molecule has 136 valence electrons. The first kappa shape index (κ1) is 17.8. The highest BCUT2D eigenvalue weighted by Gasteiger charge is 2.23. The molecule has 2 aromatic rings. The van der Waals surface area contributed by atoms with E-state index in [0.29, 0.717) is 32.2 Å². The number of piperazine rings is 1. The molecule has 0 radical (unpaired) electrons. The Morgan fingerprint density at radius 1 is 1.08 bits per heavy atom. The van der Waals surface area contributed by atoms with E-state index in [2.05, 4.69) is 15.2 Å². The molecule has 1 aromatic heterocycles. The number of benzene rings is 1. The van der Waals surface area contributed by atoms with E-state index in [-0.39, 0.29) is 18.0 Å². The summed E-state index contributed by atoms with van der Waals surface area (Å²) in [7, 11) is 0. The number of pyridine rings is 1. The number of carbonyl (C=O) groups is 2. The highest BCUT2D eigenvalue weighted by Crippen LogP contribution is 2.16. The van der Waals surface area contributed by atoms with Gasteiger partial charge in [0.2, 0.25) is 11.8 Å². The number of carbonyl (C=O) groups excluding carboxylic acids is 2. The Kier molecular flexibility index (Phi) is 5.40. The van der Waals surface area contributed by atoms with E-state index in [9.17, 15) is 18.4 Å². The molecule has 1 aliphatic heterocycles. The maximum atomic E-state index is 13.5. The van der Waals surface area contributed by atoms with E-state index < -0.39 is 17.5 Å². The van der Waals surface area contributed by atoms with Crippen LogP contribution in [0.25, 0.3) is 0 Å². The molecule has 1 aromatic carbocycles. The molecule has 8 heteroatoms. The van der Waals surface area contributed by atoms with Crippen molar-refractivity contribution in [1.29, 1.82) is 0 Å². The number of nitrogens with zero attached hydrogens (tertiary/aromatic N) is 3. The Morgan fingerprint density at radius 3 is 2.50 bits per heavy atom. The van der Waals surface area contributed by atoms with Crippen molar-refractivity contribution in [1.82, 2.24) is 9.88 Å². The zero-order chi connectivity index (χ0) is 18.5. The second kappa shape index (κ2) is 7.90. The Bertz CT molecular complexity index is 793. The largest absolute Gasteiger partial charge is 0.353 e. The van der Waals surface area contributed by atoms with Crippen LogP contribution in [-0.2, 0) is 9.59 Å². The molecule has 3 rings (SSSR count). The molecule has 0 bridgehead atoms. The fourth-order valence-corrected chi connectivity index (χ4v) is 2.76. The minimum atomic E-state index is -0.880. The van der Waals surface area contributed by atoms with E-state index in [1.165, 1.54) is 0 Å². The average molecular weight is 360 g/mol. The standard InChI is InChI=1S/C18H18F2N4O2/c19-13-4-5-15(14(20)11-13)22-17(25)12-18(26)24-9-7-23(8-10-24)16-3-1-2-6-21-16/h1-6,11H,7-10,12H2,(H,22,25). The normalized spacial score (nSPS) is 14.2. The third-order valence-electron chi connectivity index (χ3n) is 4.12. The fraction of sp³-hybridized carbons (Fsp3) is 0.278. The summed E-state index contributed by atoms with van der Waals surface area (Å²) < 4.78 is 26.4. The van der Waals surface area contributed by atoms with Crippen molar-refractivity contribution in [2.45, 2.75) is 6.42 Å². The van der Waals surface area contributed by atoms with E-state index in [0.717, 1.165) is 18.0 Å². The lowest BCUT2D eigenvalue weighted by Gasteiger charge is -2.35. The molecule has 1 saturated heterocycles. The summed E-state index contributed by atoms with van der Waals surface area (Å²) in [5, 5.41) is 2.29. The third-order valence-corrected chi connectivity index (χ3v) is 4.12. The predicted molar refractivity (Wildman–Crippen MR) is 92.6 cm³/mol. The fourth-order valence-electron chi connectivity index (χ4n) is 2.76. The van der Waals surface area contributed by atoms with Crippen molar-refractivity contribution in [3.63, 3.8) is 0 Å². The summed E-state index contributed by atoms with van der Waals surface area (Å²) in [6.45, 7) is 2.20. The van der Waals surface area contributed by atoms with Gasteiger partial charge in [-0.2, -0.15) is 0 Å². The first-order chi connectivity index (χ1) is 12.5. The Hall–Kier alpha value is -3.03. The van der Waals surface area contributed by atoms with Gasteiger partial charge in [-0.15, -0.1) is 0 Å². The molecule has 6 nitrogen and oxygen atoms in total. The summed E-state index contributed by atoms with van der Waals surface area (Å²) in [4.78, 5) is 32.1. The molecule has 2 amide bonds. The van der Waals surface area contributed by atoms with Crippen LogP contribution in [0.1, 0.15) is 6.42 Å². The third kappa shape index (κ3) is 4.33. The molecular formula is C18H18F2N4O2. The van der Waals surface area contributed by atoms with Crippen molar-refractivity contribution < 1.29 is 18.4 Å². The van der Waals surface area contributed by atoms with Gasteiger partial charge < -0.3 is 15.1 Å². The van der Waals surface area contributed by atoms with Crippen molar-refractivity contribution in [3.05, 3.63) is 54.2 Å². The van der Waals surface area contributed by atoms with Crippen LogP contribution in [0.15, 0.2) is 42.6 Å². The molecule has 1 N–H and O–H groups in total. The summed E-state index contributed by atoms with van der Waals surface area (Å²) in [5.41, 5.74) is -0.149. The first-order valence-corrected chi connectivity index (χ1v) is 8.21. The number of aromatic nitrogens is 1. The minimum absolute atomic E-state index is 0.149. The maximum Gasteiger partial charge on any atom is 0.233 e. The predicted octanol–water partition coefficient (Wildman–Crippen LogP) is 2.04. The van der Waals surface area contributed by atoms with Gasteiger partial charge >= 0.3 is 0 Å². The van der Waals surface area contributed by atoms with Crippen LogP contribution in [-0.4, -0.2) is 47.9 Å². The minimum Gasteiger partial charge on any atom is -0.353 e. The van der Waals surface area contributed by atoms with Crippen LogP contribution in [0.4, 0.5) is 20.3 Å². The molecule has 0 spiro atoms. The molecule has 0 saturated carbocycles. The van der Waals surface area contributed by atoms with Crippen LogP contribution in [0, 0.1) is 11.6 Å². The summed E-state index contributed by atoms with van der Waals surface area (Å²) in [6.07, 6.45) is 1.33. The monoisotopic (exact) mass is 360 g/mol. The van der Waals surface area contributed by atoms with Gasteiger partial charge in [-0.05, 0) is 24.3 Å². The lowest BCUT2D eigenvalue weighted by atomic mass is 10.2. The quantitative estimate of drug-likeness (QED) is 0.848. The first-order valence-electron chi connectivity index (χ1n) is 8.21. The van der Waals surface area contributed by atoms with Crippen molar-refractivity contribution in [3.8, 4) is 0 Å². The topological polar surface area (TPSA) is 65.5 Å². The summed E-state index contributed by atoms with van der Waals surface area (Å²) in [6, 6.07) is 8.48. The number of amides is 2. The maximum absolute atomic E-state index is 13.5. The van der Waals surface area contributed by atoms with Gasteiger partial charge in [-0.3, -0.25) is 9.59 Å². The molecule has 0 atom stereocenters. The molecule has 0 aliphatic carbocycles. The summed E-state index contributed by atoms with van der Waals surface area (Å²) in [5.74, 6) is -1.72. The van der Waals surface area contributed by atoms with Crippen LogP contribution in [0.3, 0.4) is 0 Å². The van der Waals surface area contributed by atoms with Gasteiger partial charge in [0.05, 0.1) is 5.69 Å². The lowest BCUT2D eigenvalue weighted by Crippen LogP contribution is -2.49. The van der Waals surface area contributed by atoms with Crippen molar-refractivity contribution in [2.75, 3.05) is 36.4 Å². The highest BCUT2D eigenvalue weighted by molar-refractivity contribution is 6.03. The van der Waals surface area contributed by atoms with Crippen molar-refractivity contribution >= 4 is 23.3 Å². The van der Waals surface area contributed by atoms with Gasteiger partial charge in [-0.1, -0.05) is 6.07 Å². The Balaban J connectivity index is 1.50. The van der Waals surface area contributed by atoms with Crippen molar-refractivity contribution in [2.24, 2.45) is 0 Å². The van der Waals surface area contributed by atoms with Crippen LogP contribution in [0.2, 0.25) is 0 Å². The van der Waals surface area contributed by atoms with Crippen LogP contribution >= 0.6 is 0 Å². The van der Waals surface area contributed by atoms with E-state index in [4.69, 9.17) is 0 Å². The summed E-state index contributed by atoms with van der Waals surface area (Å²) >= 11 is 0. The van der Waals surface area contributed by atoms with Gasteiger partial charge in [0, 0.05) is 38.4 Å². The molecule has 1 aliphatic rings. The highest BCUT2D eigenvalue weighted by atomic mass is 19.1. The number of nitrogens with one attached hydrogen (secondary N) is 1. The lowest BCUT2D eigenvalue weighted by molar-refractivity contribution is -0.134. The number of rotatable bonds is 4.